The van der Waals surface area contributed by atoms with E-state index in [0.29, 0.717) is 5.56 Å². The van der Waals surface area contributed by atoms with Gasteiger partial charge >= 0.3 is 5.97 Å². The second-order valence-electron chi connectivity index (χ2n) is 6.14. The largest absolute Gasteiger partial charge is 0.461 e. The summed E-state index contributed by atoms with van der Waals surface area (Å²) in [5.74, 6) is -1.07. The maximum Gasteiger partial charge on any atom is 0.311 e. The van der Waals surface area contributed by atoms with Crippen LogP contribution in [0.15, 0.2) is 53.4 Å². The van der Waals surface area contributed by atoms with Crippen molar-refractivity contribution in [3.63, 3.8) is 0 Å². The van der Waals surface area contributed by atoms with E-state index in [-0.39, 0.29) is 31.2 Å². The lowest BCUT2D eigenvalue weighted by Gasteiger charge is -2.17. The summed E-state index contributed by atoms with van der Waals surface area (Å²) < 4.78 is 5.30. The molecule has 8 heteroatoms. The molecule has 1 atom stereocenters. The first-order valence-electron chi connectivity index (χ1n) is 8.32. The molecule has 2 aromatic carbocycles. The number of carbonyl (C=O) groups excluding carboxylic acids is 2. The Kier molecular flexibility index (Phi) is 5.75. The van der Waals surface area contributed by atoms with Gasteiger partial charge in [-0.15, -0.1) is 11.8 Å². The summed E-state index contributed by atoms with van der Waals surface area (Å²) in [6.07, 6.45) is 2.08. The van der Waals surface area contributed by atoms with Gasteiger partial charge in [0.1, 0.15) is 6.61 Å². The first-order chi connectivity index (χ1) is 13.0. The monoisotopic (exact) mass is 386 g/mol. The lowest BCUT2D eigenvalue weighted by molar-refractivity contribution is -0.384. The molecule has 1 heterocycles. The predicted molar refractivity (Wildman–Crippen MR) is 102 cm³/mol. The van der Waals surface area contributed by atoms with Gasteiger partial charge in [0.05, 0.1) is 10.8 Å². The molecule has 1 amide bonds. The number of nitro groups is 1. The van der Waals surface area contributed by atoms with E-state index in [1.165, 1.54) is 12.1 Å². The Hall–Kier alpha value is -2.87. The van der Waals surface area contributed by atoms with Crippen molar-refractivity contribution in [3.05, 3.63) is 64.2 Å². The quantitative estimate of drug-likeness (QED) is 0.327. The molecule has 0 aliphatic carbocycles. The minimum Gasteiger partial charge on any atom is -0.461 e. The molecule has 0 aromatic heterocycles. The van der Waals surface area contributed by atoms with Crippen molar-refractivity contribution in [1.82, 2.24) is 0 Å². The molecule has 1 aliphatic heterocycles. The number of rotatable bonds is 6. The summed E-state index contributed by atoms with van der Waals surface area (Å²) >= 11 is 1.59. The Morgan fingerprint density at radius 1 is 1.30 bits per heavy atom. The van der Waals surface area contributed by atoms with E-state index in [0.717, 1.165) is 10.6 Å². The van der Waals surface area contributed by atoms with Crippen LogP contribution in [0.4, 0.5) is 11.4 Å². The Balaban J connectivity index is 1.59. The van der Waals surface area contributed by atoms with Crippen LogP contribution in [0, 0.1) is 16.0 Å². The number of amides is 1. The maximum absolute atomic E-state index is 12.3. The van der Waals surface area contributed by atoms with Gasteiger partial charge in [0.25, 0.3) is 5.69 Å². The molecule has 2 aromatic rings. The lowest BCUT2D eigenvalue weighted by Crippen LogP contribution is -2.26. The van der Waals surface area contributed by atoms with Gasteiger partial charge in [-0.2, -0.15) is 0 Å². The molecule has 1 saturated heterocycles. The Bertz CT molecular complexity index is 869. The molecule has 3 rings (SSSR count). The summed E-state index contributed by atoms with van der Waals surface area (Å²) in [4.78, 5) is 37.5. The number of thioether (sulfide) groups is 1. The SMILES string of the molecule is CSc1cccc(N2C[C@@H](C(=O)OCc3ccc([N+](=O)[O-])cc3)CC2=O)c1. The zero-order chi connectivity index (χ0) is 19.4. The van der Waals surface area contributed by atoms with Gasteiger partial charge in [0, 0.05) is 35.7 Å². The van der Waals surface area contributed by atoms with Crippen LogP contribution in [-0.2, 0) is 20.9 Å². The third kappa shape index (κ3) is 4.46. The van der Waals surface area contributed by atoms with E-state index in [4.69, 9.17) is 4.74 Å². The van der Waals surface area contributed by atoms with Crippen LogP contribution in [0.5, 0.6) is 0 Å². The molecular formula is C19H18N2O5S. The standard InChI is InChI=1S/C19H18N2O5S/c1-27-17-4-2-3-16(10-17)20-11-14(9-18(20)22)19(23)26-12-13-5-7-15(8-6-13)21(24)25/h2-8,10,14H,9,11-12H2,1H3/t14-/m0/s1. The number of nitro benzene ring substituents is 1. The number of nitrogens with zero attached hydrogens (tertiary/aromatic N) is 2. The van der Waals surface area contributed by atoms with Crippen LogP contribution < -0.4 is 4.90 Å². The number of anilines is 1. The van der Waals surface area contributed by atoms with E-state index in [1.54, 1.807) is 28.8 Å². The average Bonchev–Trinajstić information content (AvgIpc) is 3.08. The second kappa shape index (κ2) is 8.22. The number of esters is 1. The van der Waals surface area contributed by atoms with Crippen molar-refractivity contribution in [1.29, 1.82) is 0 Å². The van der Waals surface area contributed by atoms with Crippen molar-refractivity contribution < 1.29 is 19.2 Å². The normalized spacial score (nSPS) is 16.4. The molecule has 140 valence electrons. The van der Waals surface area contributed by atoms with Crippen LogP contribution in [0.2, 0.25) is 0 Å². The van der Waals surface area contributed by atoms with E-state index < -0.39 is 16.8 Å². The second-order valence-corrected chi connectivity index (χ2v) is 7.02. The molecule has 0 saturated carbocycles. The topological polar surface area (TPSA) is 89.8 Å². The highest BCUT2D eigenvalue weighted by Crippen LogP contribution is 2.29. The fourth-order valence-corrected chi connectivity index (χ4v) is 3.33. The van der Waals surface area contributed by atoms with Crippen LogP contribution in [0.3, 0.4) is 0 Å². The summed E-state index contributed by atoms with van der Waals surface area (Å²) in [5.41, 5.74) is 1.41. The molecule has 7 nitrogen and oxygen atoms in total. The summed E-state index contributed by atoms with van der Waals surface area (Å²) in [5, 5.41) is 10.7. The Labute approximate surface area is 160 Å². The molecule has 0 N–H and O–H groups in total. The first kappa shape index (κ1) is 18.9. The number of hydrogen-bond acceptors (Lipinski definition) is 6. The van der Waals surface area contributed by atoms with Crippen molar-refractivity contribution in [2.45, 2.75) is 17.9 Å². The summed E-state index contributed by atoms with van der Waals surface area (Å²) in [6, 6.07) is 13.4. The minimum atomic E-state index is -0.520. The number of non-ortho nitro benzene ring substituents is 1. The highest BCUT2D eigenvalue weighted by Gasteiger charge is 2.36. The molecule has 1 fully saturated rings. The van der Waals surface area contributed by atoms with Gasteiger partial charge in [-0.05, 0) is 42.2 Å². The minimum absolute atomic E-state index is 0.0173. The van der Waals surface area contributed by atoms with E-state index in [1.807, 2.05) is 30.5 Å². The Morgan fingerprint density at radius 3 is 2.70 bits per heavy atom. The fourth-order valence-electron chi connectivity index (χ4n) is 2.88. The number of hydrogen-bond donors (Lipinski definition) is 0. The Morgan fingerprint density at radius 2 is 2.04 bits per heavy atom. The van der Waals surface area contributed by atoms with E-state index >= 15 is 0 Å². The van der Waals surface area contributed by atoms with Crippen molar-refractivity contribution >= 4 is 35.0 Å². The van der Waals surface area contributed by atoms with Gasteiger partial charge < -0.3 is 9.64 Å². The van der Waals surface area contributed by atoms with Crippen LogP contribution in [-0.4, -0.2) is 29.6 Å². The molecule has 0 bridgehead atoms. The van der Waals surface area contributed by atoms with Gasteiger partial charge in [-0.1, -0.05) is 6.07 Å². The third-order valence-corrected chi connectivity index (χ3v) is 5.08. The molecular weight excluding hydrogens is 368 g/mol. The van der Waals surface area contributed by atoms with E-state index in [9.17, 15) is 19.7 Å². The molecule has 1 aliphatic rings. The molecule has 0 radical (unpaired) electrons. The molecule has 0 spiro atoms. The highest BCUT2D eigenvalue weighted by atomic mass is 32.2. The van der Waals surface area contributed by atoms with Crippen LogP contribution in [0.1, 0.15) is 12.0 Å². The number of ether oxygens (including phenoxy) is 1. The van der Waals surface area contributed by atoms with Gasteiger partial charge in [0.15, 0.2) is 0 Å². The average molecular weight is 386 g/mol. The first-order valence-corrected chi connectivity index (χ1v) is 9.55. The highest BCUT2D eigenvalue weighted by molar-refractivity contribution is 7.98. The van der Waals surface area contributed by atoms with Crippen LogP contribution >= 0.6 is 11.8 Å². The number of benzene rings is 2. The number of carbonyl (C=O) groups is 2. The van der Waals surface area contributed by atoms with Gasteiger partial charge in [0.2, 0.25) is 5.91 Å². The van der Waals surface area contributed by atoms with Crippen molar-refractivity contribution in [3.8, 4) is 0 Å². The molecule has 27 heavy (non-hydrogen) atoms. The lowest BCUT2D eigenvalue weighted by atomic mass is 10.1. The van der Waals surface area contributed by atoms with Crippen molar-refractivity contribution in [2.75, 3.05) is 17.7 Å². The molecule has 0 unspecified atom stereocenters. The smallest absolute Gasteiger partial charge is 0.311 e. The third-order valence-electron chi connectivity index (χ3n) is 4.35. The van der Waals surface area contributed by atoms with E-state index in [2.05, 4.69) is 0 Å². The zero-order valence-corrected chi connectivity index (χ0v) is 15.5. The van der Waals surface area contributed by atoms with Gasteiger partial charge in [-0.25, -0.2) is 0 Å². The summed E-state index contributed by atoms with van der Waals surface area (Å²) in [7, 11) is 0. The fraction of sp³-hybridized carbons (Fsp3) is 0.263. The van der Waals surface area contributed by atoms with Crippen molar-refractivity contribution in [2.24, 2.45) is 5.92 Å². The summed E-state index contributed by atoms with van der Waals surface area (Å²) in [6.45, 7) is 0.305. The van der Waals surface area contributed by atoms with Crippen LogP contribution in [0.25, 0.3) is 0 Å². The zero-order valence-electron chi connectivity index (χ0n) is 14.7. The maximum atomic E-state index is 12.3. The predicted octanol–water partition coefficient (Wildman–Crippen LogP) is 3.41. The van der Waals surface area contributed by atoms with Gasteiger partial charge in [-0.3, -0.25) is 19.7 Å².